The van der Waals surface area contributed by atoms with Gasteiger partial charge < -0.3 is 5.32 Å². The molecule has 1 heterocycles. The first-order chi connectivity index (χ1) is 10.1. The highest BCUT2D eigenvalue weighted by Gasteiger charge is 2.20. The summed E-state index contributed by atoms with van der Waals surface area (Å²) in [5.74, 6) is 0. The number of nitrogens with one attached hydrogen (secondary N) is 2. The van der Waals surface area contributed by atoms with Crippen LogP contribution in [0.3, 0.4) is 0 Å². The maximum Gasteiger partial charge on any atom is 0.279 e. The van der Waals surface area contributed by atoms with Crippen molar-refractivity contribution in [2.75, 3.05) is 26.7 Å². The Morgan fingerprint density at radius 1 is 1.33 bits per heavy atom. The molecule has 0 radical (unpaired) electrons. The molecule has 0 saturated heterocycles. The van der Waals surface area contributed by atoms with E-state index in [1.54, 1.807) is 13.2 Å². The third kappa shape index (κ3) is 6.09. The van der Waals surface area contributed by atoms with E-state index in [0.717, 1.165) is 18.7 Å². The summed E-state index contributed by atoms with van der Waals surface area (Å²) in [6.07, 6.45) is 5.64. The minimum absolute atomic E-state index is 0.365. The second-order valence-corrected chi connectivity index (χ2v) is 7.24. The van der Waals surface area contributed by atoms with Crippen LogP contribution in [0, 0.1) is 0 Å². The van der Waals surface area contributed by atoms with Crippen LogP contribution in [0.5, 0.6) is 0 Å². The standard InChI is InChI=1S/C14H24N4O2S/c1-18(12-4-10-16-14-6-7-14)21(19,20)17-11-8-13-5-2-3-9-15-13/h2-3,5,9,14,16-17H,4,6-8,10-12H2,1H3. The van der Waals surface area contributed by atoms with Gasteiger partial charge in [0, 0.05) is 44.5 Å². The summed E-state index contributed by atoms with van der Waals surface area (Å²) in [4.78, 5) is 4.17. The number of hydrogen-bond donors (Lipinski definition) is 2. The average Bonchev–Trinajstić information content (AvgIpc) is 3.28. The Bertz CT molecular complexity index is 517. The van der Waals surface area contributed by atoms with Gasteiger partial charge in [-0.25, -0.2) is 4.72 Å². The van der Waals surface area contributed by atoms with Crippen molar-refractivity contribution in [3.8, 4) is 0 Å². The van der Waals surface area contributed by atoms with Gasteiger partial charge in [0.15, 0.2) is 0 Å². The van der Waals surface area contributed by atoms with Gasteiger partial charge in [0.2, 0.25) is 0 Å². The highest BCUT2D eigenvalue weighted by atomic mass is 32.2. The van der Waals surface area contributed by atoms with E-state index in [-0.39, 0.29) is 0 Å². The van der Waals surface area contributed by atoms with E-state index in [9.17, 15) is 8.42 Å². The molecule has 1 aliphatic rings. The lowest BCUT2D eigenvalue weighted by Gasteiger charge is -2.17. The van der Waals surface area contributed by atoms with E-state index >= 15 is 0 Å². The van der Waals surface area contributed by atoms with Crippen molar-refractivity contribution >= 4 is 10.2 Å². The van der Waals surface area contributed by atoms with Crippen LogP contribution in [0.25, 0.3) is 0 Å². The minimum Gasteiger partial charge on any atom is -0.314 e. The van der Waals surface area contributed by atoms with Gasteiger partial charge in [-0.15, -0.1) is 0 Å². The zero-order chi connectivity index (χ0) is 15.1. The van der Waals surface area contributed by atoms with Crippen molar-refractivity contribution in [2.24, 2.45) is 0 Å². The monoisotopic (exact) mass is 312 g/mol. The number of nitrogens with zero attached hydrogens (tertiary/aromatic N) is 2. The Labute approximate surface area is 127 Å². The number of rotatable bonds is 10. The van der Waals surface area contributed by atoms with Gasteiger partial charge >= 0.3 is 0 Å². The smallest absolute Gasteiger partial charge is 0.279 e. The largest absolute Gasteiger partial charge is 0.314 e. The summed E-state index contributed by atoms with van der Waals surface area (Å²) in [5.41, 5.74) is 0.886. The second-order valence-electron chi connectivity index (χ2n) is 5.37. The zero-order valence-electron chi connectivity index (χ0n) is 12.5. The molecule has 0 aromatic carbocycles. The van der Waals surface area contributed by atoms with Crippen molar-refractivity contribution in [3.05, 3.63) is 30.1 Å². The highest BCUT2D eigenvalue weighted by molar-refractivity contribution is 7.87. The number of pyridine rings is 1. The summed E-state index contributed by atoms with van der Waals surface area (Å²) in [5, 5.41) is 3.38. The molecule has 0 spiro atoms. The summed E-state index contributed by atoms with van der Waals surface area (Å²) < 4.78 is 28.1. The first kappa shape index (κ1) is 16.4. The van der Waals surface area contributed by atoms with Crippen molar-refractivity contribution in [1.82, 2.24) is 19.3 Å². The van der Waals surface area contributed by atoms with Gasteiger partial charge in [-0.1, -0.05) is 6.07 Å². The first-order valence-electron chi connectivity index (χ1n) is 7.42. The molecule has 0 atom stereocenters. The molecule has 1 aliphatic carbocycles. The van der Waals surface area contributed by atoms with E-state index in [2.05, 4.69) is 15.0 Å². The van der Waals surface area contributed by atoms with Gasteiger partial charge in [-0.2, -0.15) is 12.7 Å². The predicted molar refractivity (Wildman–Crippen MR) is 83.1 cm³/mol. The van der Waals surface area contributed by atoms with Gasteiger partial charge in [-0.05, 0) is 37.9 Å². The van der Waals surface area contributed by atoms with Crippen molar-refractivity contribution in [1.29, 1.82) is 0 Å². The molecular weight excluding hydrogens is 288 g/mol. The Morgan fingerprint density at radius 3 is 2.81 bits per heavy atom. The quantitative estimate of drug-likeness (QED) is 0.618. The average molecular weight is 312 g/mol. The van der Waals surface area contributed by atoms with Gasteiger partial charge in [-0.3, -0.25) is 4.98 Å². The van der Waals surface area contributed by atoms with Crippen LogP contribution in [0.2, 0.25) is 0 Å². The number of aromatic nitrogens is 1. The molecule has 0 unspecified atom stereocenters. The Morgan fingerprint density at radius 2 is 2.14 bits per heavy atom. The summed E-state index contributed by atoms with van der Waals surface area (Å²) in [6.45, 7) is 1.76. The Hall–Kier alpha value is -1.02. The highest BCUT2D eigenvalue weighted by Crippen LogP contribution is 2.18. The van der Waals surface area contributed by atoms with Crippen LogP contribution in [-0.2, 0) is 16.6 Å². The summed E-state index contributed by atoms with van der Waals surface area (Å²) in [7, 11) is -1.78. The third-order valence-corrected chi connectivity index (χ3v) is 5.03. The van der Waals surface area contributed by atoms with Crippen LogP contribution in [-0.4, -0.2) is 50.4 Å². The molecule has 21 heavy (non-hydrogen) atoms. The molecule has 118 valence electrons. The van der Waals surface area contributed by atoms with Crippen LogP contribution >= 0.6 is 0 Å². The zero-order valence-corrected chi connectivity index (χ0v) is 13.3. The fourth-order valence-electron chi connectivity index (χ4n) is 1.98. The van der Waals surface area contributed by atoms with E-state index in [1.807, 2.05) is 18.2 Å². The Kier molecular flexibility index (Phi) is 6.10. The summed E-state index contributed by atoms with van der Waals surface area (Å²) >= 11 is 0. The fourth-order valence-corrected chi connectivity index (χ4v) is 2.93. The van der Waals surface area contributed by atoms with Gasteiger partial charge in [0.05, 0.1) is 0 Å². The van der Waals surface area contributed by atoms with Gasteiger partial charge in [0.25, 0.3) is 10.2 Å². The molecule has 1 saturated carbocycles. The van der Waals surface area contributed by atoms with Crippen molar-refractivity contribution < 1.29 is 8.42 Å². The predicted octanol–water partition coefficient (Wildman–Crippen LogP) is 0.532. The molecule has 1 aromatic rings. The van der Waals surface area contributed by atoms with E-state index < -0.39 is 10.2 Å². The minimum atomic E-state index is -3.39. The number of hydrogen-bond acceptors (Lipinski definition) is 4. The molecular formula is C14H24N4O2S. The fraction of sp³-hybridized carbons (Fsp3) is 0.643. The maximum absolute atomic E-state index is 12.0. The summed E-state index contributed by atoms with van der Waals surface area (Å²) in [6, 6.07) is 6.30. The van der Waals surface area contributed by atoms with Crippen LogP contribution < -0.4 is 10.0 Å². The first-order valence-corrected chi connectivity index (χ1v) is 8.86. The topological polar surface area (TPSA) is 74.3 Å². The maximum atomic E-state index is 12.0. The molecule has 1 aromatic heterocycles. The lowest BCUT2D eigenvalue weighted by Crippen LogP contribution is -2.40. The molecule has 0 aliphatic heterocycles. The van der Waals surface area contributed by atoms with Crippen LogP contribution in [0.4, 0.5) is 0 Å². The third-order valence-electron chi connectivity index (χ3n) is 3.46. The van der Waals surface area contributed by atoms with Crippen molar-refractivity contribution in [3.63, 3.8) is 0 Å². The molecule has 7 heteroatoms. The normalized spacial score (nSPS) is 15.5. The molecule has 0 amide bonds. The lowest BCUT2D eigenvalue weighted by atomic mass is 10.3. The Balaban J connectivity index is 1.64. The second kappa shape index (κ2) is 7.84. The van der Waals surface area contributed by atoms with Gasteiger partial charge in [0.1, 0.15) is 0 Å². The molecule has 1 fully saturated rings. The van der Waals surface area contributed by atoms with Crippen molar-refractivity contribution in [2.45, 2.75) is 31.7 Å². The van der Waals surface area contributed by atoms with Crippen LogP contribution in [0.15, 0.2) is 24.4 Å². The molecule has 0 bridgehead atoms. The molecule has 2 N–H and O–H groups in total. The molecule has 6 nitrogen and oxygen atoms in total. The van der Waals surface area contributed by atoms with E-state index in [4.69, 9.17) is 0 Å². The lowest BCUT2D eigenvalue weighted by molar-refractivity contribution is 0.444. The van der Waals surface area contributed by atoms with Crippen LogP contribution in [0.1, 0.15) is 25.0 Å². The SMILES string of the molecule is CN(CCCNC1CC1)S(=O)(=O)NCCc1ccccn1. The molecule has 2 rings (SSSR count). The van der Waals surface area contributed by atoms with E-state index in [1.165, 1.54) is 17.1 Å². The van der Waals surface area contributed by atoms with E-state index in [0.29, 0.717) is 25.6 Å².